The fourth-order valence-electron chi connectivity index (χ4n) is 1.58. The van der Waals surface area contributed by atoms with Crippen molar-refractivity contribution >= 4 is 33.7 Å². The van der Waals surface area contributed by atoms with Crippen LogP contribution in [0.1, 0.15) is 33.6 Å². The molecule has 0 radical (unpaired) electrons. The van der Waals surface area contributed by atoms with E-state index in [0.717, 1.165) is 0 Å². The first-order valence-electron chi connectivity index (χ1n) is 5.87. The van der Waals surface area contributed by atoms with Gasteiger partial charge in [0.2, 0.25) is 0 Å². The van der Waals surface area contributed by atoms with Gasteiger partial charge in [0, 0.05) is 28.8 Å². The molecule has 0 amide bonds. The molecule has 0 bridgehead atoms. The Labute approximate surface area is 121 Å². The highest BCUT2D eigenvalue weighted by molar-refractivity contribution is 9.12. The second-order valence-electron chi connectivity index (χ2n) is 3.85. The third-order valence-corrected chi connectivity index (χ3v) is 2.62. The molecule has 0 aromatic rings. The lowest BCUT2D eigenvalue weighted by molar-refractivity contribution is -0.173. The summed E-state index contributed by atoms with van der Waals surface area (Å²) in [5.74, 6) is 0.720. The van der Waals surface area contributed by atoms with Gasteiger partial charge < -0.3 is 9.47 Å². The molecule has 6 heteroatoms. The summed E-state index contributed by atoms with van der Waals surface area (Å²) >= 11 is 2.89. The SMILES string of the molecule is CCOC(=O)C(CC#CBr)(CC(C)=O)C(=O)OCC. The largest absolute Gasteiger partial charge is 0.465 e. The molecule has 0 aliphatic rings. The van der Waals surface area contributed by atoms with Crippen molar-refractivity contribution in [2.24, 2.45) is 5.41 Å². The van der Waals surface area contributed by atoms with Gasteiger partial charge in [-0.3, -0.25) is 14.4 Å². The van der Waals surface area contributed by atoms with Crippen LogP contribution in [0.5, 0.6) is 0 Å². The number of carbonyl (C=O) groups excluding carboxylic acids is 3. The number of ether oxygens (including phenoxy) is 2. The number of hydrogen-bond donors (Lipinski definition) is 0. The third-order valence-electron chi connectivity index (χ3n) is 2.34. The summed E-state index contributed by atoms with van der Waals surface area (Å²) in [5, 5.41) is 0. The van der Waals surface area contributed by atoms with Gasteiger partial charge in [0.15, 0.2) is 5.41 Å². The predicted molar refractivity (Wildman–Crippen MR) is 72.3 cm³/mol. The molecule has 0 heterocycles. The molecule has 0 unspecified atom stereocenters. The second-order valence-corrected chi connectivity index (χ2v) is 4.25. The van der Waals surface area contributed by atoms with Crippen molar-refractivity contribution in [1.29, 1.82) is 0 Å². The Balaban J connectivity index is 5.52. The van der Waals surface area contributed by atoms with E-state index in [1.54, 1.807) is 13.8 Å². The highest BCUT2D eigenvalue weighted by atomic mass is 79.9. The summed E-state index contributed by atoms with van der Waals surface area (Å²) < 4.78 is 9.80. The highest BCUT2D eigenvalue weighted by Crippen LogP contribution is 2.31. The maximum atomic E-state index is 12.1. The molecule has 19 heavy (non-hydrogen) atoms. The van der Waals surface area contributed by atoms with Crippen LogP contribution in [0.2, 0.25) is 0 Å². The number of rotatable bonds is 7. The van der Waals surface area contributed by atoms with Crippen molar-refractivity contribution in [2.75, 3.05) is 13.2 Å². The van der Waals surface area contributed by atoms with Crippen LogP contribution in [0, 0.1) is 16.2 Å². The molecule has 0 saturated carbocycles. The van der Waals surface area contributed by atoms with Crippen molar-refractivity contribution in [3.8, 4) is 10.8 Å². The minimum Gasteiger partial charge on any atom is -0.465 e. The van der Waals surface area contributed by atoms with E-state index in [0.29, 0.717) is 0 Å². The molecule has 0 aliphatic heterocycles. The number of halogens is 1. The third kappa shape index (κ3) is 5.03. The quantitative estimate of drug-likeness (QED) is 0.404. The van der Waals surface area contributed by atoms with Gasteiger partial charge >= 0.3 is 11.9 Å². The fourth-order valence-corrected chi connectivity index (χ4v) is 1.72. The van der Waals surface area contributed by atoms with E-state index in [4.69, 9.17) is 9.47 Å². The normalized spacial score (nSPS) is 10.1. The molecule has 0 atom stereocenters. The van der Waals surface area contributed by atoms with Crippen LogP contribution in [0.3, 0.4) is 0 Å². The van der Waals surface area contributed by atoms with E-state index in [1.165, 1.54) is 6.92 Å². The molecular formula is C13H17BrO5. The van der Waals surface area contributed by atoms with Gasteiger partial charge in [0.25, 0.3) is 0 Å². The van der Waals surface area contributed by atoms with E-state index >= 15 is 0 Å². The van der Waals surface area contributed by atoms with Crippen LogP contribution in [0.4, 0.5) is 0 Å². The van der Waals surface area contributed by atoms with Crippen molar-refractivity contribution in [3.05, 3.63) is 0 Å². The van der Waals surface area contributed by atoms with Gasteiger partial charge in [-0.15, -0.1) is 0 Å². The Morgan fingerprint density at radius 3 is 1.89 bits per heavy atom. The first-order chi connectivity index (χ1) is 8.94. The Kier molecular flexibility index (Phi) is 8.08. The molecular weight excluding hydrogens is 316 g/mol. The minimum absolute atomic E-state index is 0.111. The van der Waals surface area contributed by atoms with E-state index in [1.807, 2.05) is 0 Å². The fraction of sp³-hybridized carbons (Fsp3) is 0.615. The lowest BCUT2D eigenvalue weighted by atomic mass is 9.80. The minimum atomic E-state index is -1.68. The molecule has 0 fully saturated rings. The zero-order valence-electron chi connectivity index (χ0n) is 11.2. The molecule has 0 aliphatic carbocycles. The molecule has 106 valence electrons. The number of hydrogen-bond acceptors (Lipinski definition) is 5. The van der Waals surface area contributed by atoms with Crippen LogP contribution < -0.4 is 0 Å². The molecule has 5 nitrogen and oxygen atoms in total. The zero-order valence-corrected chi connectivity index (χ0v) is 12.8. The summed E-state index contributed by atoms with van der Waals surface area (Å²) in [5.41, 5.74) is -1.68. The topological polar surface area (TPSA) is 69.7 Å². The average molecular weight is 333 g/mol. The van der Waals surface area contributed by atoms with Gasteiger partial charge in [-0.1, -0.05) is 5.92 Å². The molecule has 0 rings (SSSR count). The lowest BCUT2D eigenvalue weighted by Crippen LogP contribution is -2.43. The second kappa shape index (κ2) is 8.70. The van der Waals surface area contributed by atoms with Crippen LogP contribution in [0.15, 0.2) is 0 Å². The van der Waals surface area contributed by atoms with Crippen molar-refractivity contribution in [2.45, 2.75) is 33.6 Å². The Bertz CT molecular complexity index is 387. The van der Waals surface area contributed by atoms with Crippen molar-refractivity contribution < 1.29 is 23.9 Å². The number of ketones is 1. The van der Waals surface area contributed by atoms with Gasteiger partial charge in [-0.2, -0.15) is 0 Å². The summed E-state index contributed by atoms with van der Waals surface area (Å²) in [4.78, 5) is 37.9. The summed E-state index contributed by atoms with van der Waals surface area (Å²) in [6.07, 6.45) is -0.415. The smallest absolute Gasteiger partial charge is 0.324 e. The Hall–Kier alpha value is -1.35. The summed E-state index contributed by atoms with van der Waals surface area (Å²) in [7, 11) is 0. The number of esters is 2. The molecule has 0 aromatic heterocycles. The van der Waals surface area contributed by atoms with Crippen molar-refractivity contribution in [3.63, 3.8) is 0 Å². The number of carbonyl (C=O) groups is 3. The van der Waals surface area contributed by atoms with Gasteiger partial charge in [-0.05, 0) is 25.6 Å². The van der Waals surface area contributed by atoms with Crippen LogP contribution in [0.25, 0.3) is 0 Å². The van der Waals surface area contributed by atoms with Gasteiger partial charge in [0.05, 0.1) is 13.2 Å². The molecule has 0 spiro atoms. The van der Waals surface area contributed by atoms with Crippen LogP contribution in [-0.2, 0) is 23.9 Å². The maximum absolute atomic E-state index is 12.1. The molecule has 0 N–H and O–H groups in total. The van der Waals surface area contributed by atoms with Crippen molar-refractivity contribution in [1.82, 2.24) is 0 Å². The average Bonchev–Trinajstić information content (AvgIpc) is 2.34. The summed E-state index contributed by atoms with van der Waals surface area (Å²) in [6.45, 7) is 4.77. The summed E-state index contributed by atoms with van der Waals surface area (Å²) in [6, 6.07) is 0. The van der Waals surface area contributed by atoms with Crippen LogP contribution in [-0.4, -0.2) is 30.9 Å². The zero-order chi connectivity index (χ0) is 14.9. The maximum Gasteiger partial charge on any atom is 0.324 e. The first-order valence-corrected chi connectivity index (χ1v) is 6.66. The standard InChI is InChI=1S/C13H17BrO5/c1-4-18-11(16)13(7-6-8-14,9-10(3)15)12(17)19-5-2/h4-5,7,9H2,1-3H3. The van der Waals surface area contributed by atoms with E-state index in [9.17, 15) is 14.4 Å². The van der Waals surface area contributed by atoms with E-state index in [-0.39, 0.29) is 31.8 Å². The van der Waals surface area contributed by atoms with Crippen LogP contribution >= 0.6 is 15.9 Å². The highest BCUT2D eigenvalue weighted by Gasteiger charge is 2.49. The first kappa shape index (κ1) is 17.6. The van der Waals surface area contributed by atoms with Gasteiger partial charge in [0.1, 0.15) is 5.78 Å². The lowest BCUT2D eigenvalue weighted by Gasteiger charge is -2.26. The Morgan fingerprint density at radius 2 is 1.58 bits per heavy atom. The van der Waals surface area contributed by atoms with E-state index in [2.05, 4.69) is 26.7 Å². The molecule has 0 saturated heterocycles. The number of Topliss-reactive ketones (excluding diaryl/α,β-unsaturated/α-hetero) is 1. The predicted octanol–water partition coefficient (Wildman–Crippen LogP) is 1.82. The monoisotopic (exact) mass is 332 g/mol. The van der Waals surface area contributed by atoms with Gasteiger partial charge in [-0.25, -0.2) is 0 Å². The Morgan fingerprint density at radius 1 is 1.11 bits per heavy atom. The molecule has 0 aromatic carbocycles. The van der Waals surface area contributed by atoms with E-state index < -0.39 is 17.4 Å².